The predicted molar refractivity (Wildman–Crippen MR) is 111 cm³/mol. The molecule has 1 aromatic carbocycles. The molecule has 0 fully saturated rings. The van der Waals surface area contributed by atoms with Gasteiger partial charge in [0.05, 0.1) is 18.0 Å². The van der Waals surface area contributed by atoms with Crippen LogP contribution in [0.3, 0.4) is 0 Å². The second-order valence-corrected chi connectivity index (χ2v) is 7.19. The Kier molecular flexibility index (Phi) is 6.97. The van der Waals surface area contributed by atoms with E-state index in [2.05, 4.69) is 17.3 Å². The van der Waals surface area contributed by atoms with Crippen molar-refractivity contribution in [1.82, 2.24) is 15.1 Å². The summed E-state index contributed by atoms with van der Waals surface area (Å²) in [5.74, 6) is 0.564. The van der Waals surface area contributed by atoms with Crippen LogP contribution >= 0.6 is 11.3 Å². The molecule has 0 aliphatic heterocycles. The van der Waals surface area contributed by atoms with Crippen molar-refractivity contribution in [3.05, 3.63) is 69.8 Å². The van der Waals surface area contributed by atoms with Crippen molar-refractivity contribution in [2.45, 2.75) is 26.3 Å². The Balaban J connectivity index is 1.54. The second kappa shape index (κ2) is 9.85. The van der Waals surface area contributed by atoms with Crippen LogP contribution in [0.2, 0.25) is 0 Å². The van der Waals surface area contributed by atoms with E-state index in [4.69, 9.17) is 4.74 Å². The van der Waals surface area contributed by atoms with Crippen molar-refractivity contribution >= 4 is 17.2 Å². The minimum absolute atomic E-state index is 0.192. The van der Waals surface area contributed by atoms with Crippen LogP contribution in [0.25, 0.3) is 10.6 Å². The molecule has 0 spiro atoms. The van der Waals surface area contributed by atoms with E-state index in [1.165, 1.54) is 10.7 Å². The number of nitrogens with one attached hydrogen (secondary N) is 1. The SMILES string of the molecule is CCCCOc1ccc(C(=O)NCCn2nc(-c3cccs3)ccc2=O)cc1. The lowest BCUT2D eigenvalue weighted by molar-refractivity contribution is 0.0951. The van der Waals surface area contributed by atoms with Crippen molar-refractivity contribution in [3.8, 4) is 16.3 Å². The van der Waals surface area contributed by atoms with E-state index >= 15 is 0 Å². The third kappa shape index (κ3) is 5.29. The average molecular weight is 398 g/mol. The van der Waals surface area contributed by atoms with Gasteiger partial charge in [-0.25, -0.2) is 4.68 Å². The molecule has 2 heterocycles. The number of hydrogen-bond donors (Lipinski definition) is 1. The number of ether oxygens (including phenoxy) is 1. The molecule has 0 aliphatic rings. The maximum absolute atomic E-state index is 12.3. The number of carbonyl (C=O) groups excluding carboxylic acids is 1. The molecule has 0 bridgehead atoms. The Hall–Kier alpha value is -2.93. The molecule has 7 heteroatoms. The molecule has 3 rings (SSSR count). The zero-order valence-corrected chi connectivity index (χ0v) is 16.6. The van der Waals surface area contributed by atoms with Gasteiger partial charge in [0.1, 0.15) is 11.4 Å². The van der Waals surface area contributed by atoms with Crippen molar-refractivity contribution in [2.75, 3.05) is 13.2 Å². The molecule has 1 N–H and O–H groups in total. The number of amides is 1. The van der Waals surface area contributed by atoms with Gasteiger partial charge in [-0.1, -0.05) is 19.4 Å². The molecule has 3 aromatic rings. The summed E-state index contributed by atoms with van der Waals surface area (Å²) in [5.41, 5.74) is 1.11. The summed E-state index contributed by atoms with van der Waals surface area (Å²) in [5, 5.41) is 9.17. The van der Waals surface area contributed by atoms with Gasteiger partial charge < -0.3 is 10.1 Å². The number of thiophene rings is 1. The van der Waals surface area contributed by atoms with Gasteiger partial charge in [-0.05, 0) is 48.2 Å². The average Bonchev–Trinajstić information content (AvgIpc) is 3.25. The number of carbonyl (C=O) groups is 1. The largest absolute Gasteiger partial charge is 0.494 e. The van der Waals surface area contributed by atoms with Crippen LogP contribution in [0.5, 0.6) is 5.75 Å². The smallest absolute Gasteiger partial charge is 0.266 e. The summed E-state index contributed by atoms with van der Waals surface area (Å²) in [7, 11) is 0. The van der Waals surface area contributed by atoms with Crippen LogP contribution in [-0.2, 0) is 6.54 Å². The molecule has 1 amide bonds. The molecule has 0 saturated heterocycles. The minimum Gasteiger partial charge on any atom is -0.494 e. The van der Waals surface area contributed by atoms with Crippen LogP contribution in [0, 0.1) is 0 Å². The highest BCUT2D eigenvalue weighted by atomic mass is 32.1. The lowest BCUT2D eigenvalue weighted by Gasteiger charge is -2.09. The molecular weight excluding hydrogens is 374 g/mol. The van der Waals surface area contributed by atoms with Crippen molar-refractivity contribution < 1.29 is 9.53 Å². The van der Waals surface area contributed by atoms with Gasteiger partial charge in [0.2, 0.25) is 0 Å². The Morgan fingerprint density at radius 1 is 1.18 bits per heavy atom. The second-order valence-electron chi connectivity index (χ2n) is 6.24. The number of aromatic nitrogens is 2. The third-order valence-corrected chi connectivity index (χ3v) is 5.02. The maximum Gasteiger partial charge on any atom is 0.266 e. The third-order valence-electron chi connectivity index (χ3n) is 4.13. The monoisotopic (exact) mass is 397 g/mol. The number of benzene rings is 1. The van der Waals surface area contributed by atoms with Crippen LogP contribution < -0.4 is 15.6 Å². The van der Waals surface area contributed by atoms with E-state index in [9.17, 15) is 9.59 Å². The van der Waals surface area contributed by atoms with E-state index in [1.54, 1.807) is 41.7 Å². The van der Waals surface area contributed by atoms with Crippen molar-refractivity contribution in [2.24, 2.45) is 0 Å². The van der Waals surface area contributed by atoms with E-state index in [0.717, 1.165) is 29.2 Å². The number of rotatable bonds is 9. The van der Waals surface area contributed by atoms with Crippen molar-refractivity contribution in [1.29, 1.82) is 0 Å². The van der Waals surface area contributed by atoms with Crippen LogP contribution in [0.1, 0.15) is 30.1 Å². The van der Waals surface area contributed by atoms with Crippen LogP contribution in [-0.4, -0.2) is 28.8 Å². The van der Waals surface area contributed by atoms with Gasteiger partial charge >= 0.3 is 0 Å². The zero-order chi connectivity index (χ0) is 19.8. The lowest BCUT2D eigenvalue weighted by Crippen LogP contribution is -2.31. The Morgan fingerprint density at radius 3 is 2.71 bits per heavy atom. The Morgan fingerprint density at radius 2 is 2.00 bits per heavy atom. The number of unbranched alkanes of at least 4 members (excludes halogenated alkanes) is 1. The zero-order valence-electron chi connectivity index (χ0n) is 15.8. The topological polar surface area (TPSA) is 73.2 Å². The number of nitrogens with zero attached hydrogens (tertiary/aromatic N) is 2. The lowest BCUT2D eigenvalue weighted by atomic mass is 10.2. The summed E-state index contributed by atoms with van der Waals surface area (Å²) in [4.78, 5) is 25.3. The molecule has 0 saturated carbocycles. The van der Waals surface area contributed by atoms with E-state index in [0.29, 0.717) is 25.3 Å². The summed E-state index contributed by atoms with van der Waals surface area (Å²) < 4.78 is 6.97. The van der Waals surface area contributed by atoms with E-state index in [1.807, 2.05) is 17.5 Å². The van der Waals surface area contributed by atoms with Gasteiger partial charge in [-0.15, -0.1) is 11.3 Å². The normalized spacial score (nSPS) is 10.6. The van der Waals surface area contributed by atoms with Crippen LogP contribution in [0.4, 0.5) is 0 Å². The summed E-state index contributed by atoms with van der Waals surface area (Å²) in [6.07, 6.45) is 2.08. The summed E-state index contributed by atoms with van der Waals surface area (Å²) in [6, 6.07) is 14.2. The molecule has 0 atom stereocenters. The van der Waals surface area contributed by atoms with E-state index in [-0.39, 0.29) is 11.5 Å². The molecule has 28 heavy (non-hydrogen) atoms. The first-order chi connectivity index (χ1) is 13.7. The van der Waals surface area contributed by atoms with Gasteiger partial charge in [-0.3, -0.25) is 9.59 Å². The molecule has 2 aromatic heterocycles. The van der Waals surface area contributed by atoms with E-state index < -0.39 is 0 Å². The van der Waals surface area contributed by atoms with Crippen LogP contribution in [0.15, 0.2) is 58.7 Å². The fourth-order valence-corrected chi connectivity index (χ4v) is 3.27. The standard InChI is InChI=1S/C21H23N3O3S/c1-2-3-14-27-17-8-6-16(7-9-17)21(26)22-12-13-24-20(25)11-10-18(23-24)19-5-4-15-28-19/h4-11,15H,2-3,12-14H2,1H3,(H,22,26). The van der Waals surface area contributed by atoms with Gasteiger partial charge in [-0.2, -0.15) is 5.10 Å². The molecule has 0 aliphatic carbocycles. The first kappa shape index (κ1) is 19.8. The molecular formula is C21H23N3O3S. The molecule has 146 valence electrons. The number of hydrogen-bond acceptors (Lipinski definition) is 5. The maximum atomic E-state index is 12.3. The Bertz CT molecular complexity index is 950. The minimum atomic E-state index is -0.192. The first-order valence-corrected chi connectivity index (χ1v) is 10.2. The highest BCUT2D eigenvalue weighted by molar-refractivity contribution is 7.13. The quantitative estimate of drug-likeness (QED) is 0.560. The highest BCUT2D eigenvalue weighted by Crippen LogP contribution is 2.21. The summed E-state index contributed by atoms with van der Waals surface area (Å²) in [6.45, 7) is 3.41. The molecule has 0 radical (unpaired) electrons. The van der Waals surface area contributed by atoms with Gasteiger partial charge in [0.15, 0.2) is 0 Å². The Labute approximate surface area is 167 Å². The molecule has 0 unspecified atom stereocenters. The van der Waals surface area contributed by atoms with Gasteiger partial charge in [0.25, 0.3) is 11.5 Å². The fourth-order valence-electron chi connectivity index (χ4n) is 2.58. The highest BCUT2D eigenvalue weighted by Gasteiger charge is 2.07. The van der Waals surface area contributed by atoms with Gasteiger partial charge in [0, 0.05) is 18.2 Å². The molecule has 6 nitrogen and oxygen atoms in total. The van der Waals surface area contributed by atoms with Crippen molar-refractivity contribution in [3.63, 3.8) is 0 Å². The predicted octanol–water partition coefficient (Wildman–Crippen LogP) is 3.58. The first-order valence-electron chi connectivity index (χ1n) is 9.30. The summed E-state index contributed by atoms with van der Waals surface area (Å²) >= 11 is 1.57. The fraction of sp³-hybridized carbons (Fsp3) is 0.286.